The fourth-order valence-electron chi connectivity index (χ4n) is 2.55. The first-order valence-corrected chi connectivity index (χ1v) is 8.61. The molecular formula is C16H13Br2ClO2. The standard InChI is InChI=1S/C16H13Br2ClO2/c1-20-14-7-10(17)2-3-12(14)15(18)13-8-11(19)6-9-4-5-21-16(9)13/h2-3,6-8,15H,4-5H2,1H3. The van der Waals surface area contributed by atoms with E-state index in [0.29, 0.717) is 6.61 Å². The molecule has 1 aliphatic rings. The van der Waals surface area contributed by atoms with E-state index in [1.54, 1.807) is 7.11 Å². The molecule has 0 aromatic heterocycles. The van der Waals surface area contributed by atoms with Crippen molar-refractivity contribution in [1.82, 2.24) is 0 Å². The largest absolute Gasteiger partial charge is 0.496 e. The molecule has 21 heavy (non-hydrogen) atoms. The zero-order valence-electron chi connectivity index (χ0n) is 11.3. The minimum absolute atomic E-state index is 0.0360. The van der Waals surface area contributed by atoms with Crippen molar-refractivity contribution in [1.29, 1.82) is 0 Å². The van der Waals surface area contributed by atoms with Gasteiger partial charge in [-0.3, -0.25) is 0 Å². The van der Waals surface area contributed by atoms with Gasteiger partial charge in [0.2, 0.25) is 0 Å². The Hall–Kier alpha value is -0.710. The molecule has 0 saturated heterocycles. The lowest BCUT2D eigenvalue weighted by Crippen LogP contribution is -2.00. The van der Waals surface area contributed by atoms with Crippen LogP contribution < -0.4 is 9.47 Å². The number of alkyl halides is 1. The zero-order chi connectivity index (χ0) is 15.0. The summed E-state index contributed by atoms with van der Waals surface area (Å²) in [6.07, 6.45) is 0.903. The molecular weight excluding hydrogens is 419 g/mol. The topological polar surface area (TPSA) is 18.5 Å². The van der Waals surface area contributed by atoms with Gasteiger partial charge >= 0.3 is 0 Å². The summed E-state index contributed by atoms with van der Waals surface area (Å²) in [6, 6.07) is 9.91. The summed E-state index contributed by atoms with van der Waals surface area (Å²) in [5.74, 6) is 1.75. The summed E-state index contributed by atoms with van der Waals surface area (Å²) >= 11 is 13.5. The number of ether oxygens (including phenoxy) is 2. The first-order chi connectivity index (χ1) is 10.1. The molecule has 0 radical (unpaired) electrons. The molecule has 0 aliphatic carbocycles. The molecule has 2 nitrogen and oxygen atoms in total. The van der Waals surface area contributed by atoms with Crippen molar-refractivity contribution in [3.8, 4) is 11.5 Å². The molecule has 1 atom stereocenters. The highest BCUT2D eigenvalue weighted by Gasteiger charge is 2.24. The second-order valence-electron chi connectivity index (χ2n) is 4.83. The van der Waals surface area contributed by atoms with Gasteiger partial charge in [-0.15, -0.1) is 0 Å². The van der Waals surface area contributed by atoms with E-state index in [-0.39, 0.29) is 4.83 Å². The maximum Gasteiger partial charge on any atom is 0.127 e. The third-order valence-electron chi connectivity index (χ3n) is 3.52. The van der Waals surface area contributed by atoms with Gasteiger partial charge in [0.1, 0.15) is 11.5 Å². The molecule has 2 aromatic carbocycles. The SMILES string of the molecule is COc1cc(Br)ccc1C(Br)c1cc(Cl)cc2c1OCC2. The van der Waals surface area contributed by atoms with Crippen molar-refractivity contribution in [2.45, 2.75) is 11.2 Å². The Morgan fingerprint density at radius 1 is 1.24 bits per heavy atom. The van der Waals surface area contributed by atoms with E-state index < -0.39 is 0 Å². The van der Waals surface area contributed by atoms with Crippen LogP contribution in [0.3, 0.4) is 0 Å². The first-order valence-electron chi connectivity index (χ1n) is 6.52. The van der Waals surface area contributed by atoms with Crippen LogP contribution in [0.4, 0.5) is 0 Å². The van der Waals surface area contributed by atoms with E-state index in [0.717, 1.165) is 44.1 Å². The molecule has 0 spiro atoms. The normalized spacial score (nSPS) is 14.5. The van der Waals surface area contributed by atoms with Crippen LogP contribution in [-0.4, -0.2) is 13.7 Å². The lowest BCUT2D eigenvalue weighted by atomic mass is 10.0. The van der Waals surface area contributed by atoms with Crippen LogP contribution in [0.5, 0.6) is 11.5 Å². The quantitative estimate of drug-likeness (QED) is 0.594. The molecule has 0 fully saturated rings. The van der Waals surface area contributed by atoms with Crippen molar-refractivity contribution in [3.63, 3.8) is 0 Å². The number of fused-ring (bicyclic) bond motifs is 1. The van der Waals surface area contributed by atoms with Crippen LogP contribution in [0, 0.1) is 0 Å². The summed E-state index contributed by atoms with van der Waals surface area (Å²) in [7, 11) is 1.67. The summed E-state index contributed by atoms with van der Waals surface area (Å²) in [4.78, 5) is -0.0360. The van der Waals surface area contributed by atoms with E-state index in [4.69, 9.17) is 21.1 Å². The monoisotopic (exact) mass is 430 g/mol. The number of methoxy groups -OCH3 is 1. The molecule has 1 heterocycles. The Labute approximate surface area is 145 Å². The Balaban J connectivity index is 2.09. The Morgan fingerprint density at radius 2 is 2.05 bits per heavy atom. The third-order valence-corrected chi connectivity index (χ3v) is 5.22. The number of halogens is 3. The first kappa shape index (κ1) is 15.2. The average Bonchev–Trinajstić information content (AvgIpc) is 2.93. The van der Waals surface area contributed by atoms with Gasteiger partial charge in [-0.05, 0) is 29.8 Å². The maximum absolute atomic E-state index is 6.24. The number of hydrogen-bond acceptors (Lipinski definition) is 2. The maximum atomic E-state index is 6.24. The van der Waals surface area contributed by atoms with Gasteiger partial charge in [-0.1, -0.05) is 49.5 Å². The van der Waals surface area contributed by atoms with Gasteiger partial charge in [0.25, 0.3) is 0 Å². The fraction of sp³-hybridized carbons (Fsp3) is 0.250. The predicted molar refractivity (Wildman–Crippen MR) is 92.1 cm³/mol. The molecule has 3 rings (SSSR count). The van der Waals surface area contributed by atoms with Crippen LogP contribution in [0.25, 0.3) is 0 Å². The smallest absolute Gasteiger partial charge is 0.127 e. The Kier molecular flexibility index (Phi) is 4.48. The molecule has 0 bridgehead atoms. The van der Waals surface area contributed by atoms with Gasteiger partial charge in [0.05, 0.1) is 18.5 Å². The van der Waals surface area contributed by atoms with Gasteiger partial charge < -0.3 is 9.47 Å². The van der Waals surface area contributed by atoms with Gasteiger partial charge in [-0.2, -0.15) is 0 Å². The molecule has 1 aliphatic heterocycles. The second-order valence-corrected chi connectivity index (χ2v) is 7.10. The van der Waals surface area contributed by atoms with E-state index in [9.17, 15) is 0 Å². The van der Waals surface area contributed by atoms with Crippen molar-refractivity contribution >= 4 is 43.5 Å². The predicted octanol–water partition coefficient (Wildman–Crippen LogP) is 5.53. The minimum Gasteiger partial charge on any atom is -0.496 e. The Bertz CT molecular complexity index is 688. The van der Waals surface area contributed by atoms with Crippen LogP contribution in [0.2, 0.25) is 5.02 Å². The zero-order valence-corrected chi connectivity index (χ0v) is 15.3. The van der Waals surface area contributed by atoms with Crippen molar-refractivity contribution in [3.05, 3.63) is 56.5 Å². The molecule has 5 heteroatoms. The number of rotatable bonds is 3. The highest BCUT2D eigenvalue weighted by atomic mass is 79.9. The van der Waals surface area contributed by atoms with Gasteiger partial charge in [-0.25, -0.2) is 0 Å². The fourth-order valence-corrected chi connectivity index (χ4v) is 3.86. The van der Waals surface area contributed by atoms with Crippen molar-refractivity contribution < 1.29 is 9.47 Å². The van der Waals surface area contributed by atoms with Crippen LogP contribution >= 0.6 is 43.5 Å². The third kappa shape index (κ3) is 2.94. The molecule has 0 saturated carbocycles. The lowest BCUT2D eigenvalue weighted by molar-refractivity contribution is 0.353. The highest BCUT2D eigenvalue weighted by molar-refractivity contribution is 9.10. The highest BCUT2D eigenvalue weighted by Crippen LogP contribution is 2.45. The van der Waals surface area contributed by atoms with E-state index in [1.165, 1.54) is 0 Å². The molecule has 2 aromatic rings. The Morgan fingerprint density at radius 3 is 2.81 bits per heavy atom. The van der Waals surface area contributed by atoms with E-state index in [2.05, 4.69) is 31.9 Å². The van der Waals surface area contributed by atoms with E-state index in [1.807, 2.05) is 30.3 Å². The number of benzene rings is 2. The second kappa shape index (κ2) is 6.19. The van der Waals surface area contributed by atoms with Crippen LogP contribution in [0.1, 0.15) is 21.5 Å². The summed E-state index contributed by atoms with van der Waals surface area (Å²) in [5, 5.41) is 0.731. The lowest BCUT2D eigenvalue weighted by Gasteiger charge is -2.18. The van der Waals surface area contributed by atoms with Crippen LogP contribution in [0.15, 0.2) is 34.8 Å². The van der Waals surface area contributed by atoms with Crippen molar-refractivity contribution in [2.24, 2.45) is 0 Å². The molecule has 0 amide bonds. The average molecular weight is 433 g/mol. The summed E-state index contributed by atoms with van der Waals surface area (Å²) in [6.45, 7) is 0.708. The van der Waals surface area contributed by atoms with Crippen molar-refractivity contribution in [2.75, 3.05) is 13.7 Å². The van der Waals surface area contributed by atoms with Crippen LogP contribution in [-0.2, 0) is 6.42 Å². The summed E-state index contributed by atoms with van der Waals surface area (Å²) < 4.78 is 12.3. The molecule has 0 N–H and O–H groups in total. The molecule has 110 valence electrons. The van der Waals surface area contributed by atoms with Gasteiger partial charge in [0, 0.05) is 27.0 Å². The molecule has 1 unspecified atom stereocenters. The number of hydrogen-bond donors (Lipinski definition) is 0. The summed E-state index contributed by atoms with van der Waals surface area (Å²) in [5.41, 5.74) is 3.24. The minimum atomic E-state index is -0.0360. The van der Waals surface area contributed by atoms with E-state index >= 15 is 0 Å². The van der Waals surface area contributed by atoms with Gasteiger partial charge in [0.15, 0.2) is 0 Å².